The van der Waals surface area contributed by atoms with E-state index in [0.29, 0.717) is 22.3 Å². The summed E-state index contributed by atoms with van der Waals surface area (Å²) < 4.78 is 42.0. The predicted octanol–water partition coefficient (Wildman–Crippen LogP) is 5.77. The van der Waals surface area contributed by atoms with Crippen molar-refractivity contribution in [1.82, 2.24) is 9.71 Å². The third-order valence-electron chi connectivity index (χ3n) is 5.13. The molecule has 2 aromatic carbocycles. The number of halogens is 1. The highest BCUT2D eigenvalue weighted by atomic mass is 32.2. The van der Waals surface area contributed by atoms with Crippen molar-refractivity contribution >= 4 is 27.6 Å². The fourth-order valence-electron chi connectivity index (χ4n) is 3.36. The minimum Gasteiger partial charge on any atom is -0.361 e. The van der Waals surface area contributed by atoms with E-state index in [9.17, 15) is 17.6 Å². The smallest absolute Gasteiger partial charge is 0.332 e. The summed E-state index contributed by atoms with van der Waals surface area (Å²) in [7, 11) is -4.05. The van der Waals surface area contributed by atoms with Crippen LogP contribution in [0.5, 0.6) is 0 Å². The van der Waals surface area contributed by atoms with Crippen LogP contribution in [0.25, 0.3) is 16.0 Å². The van der Waals surface area contributed by atoms with Gasteiger partial charge in [-0.25, -0.2) is 22.3 Å². The Morgan fingerprint density at radius 2 is 1.79 bits per heavy atom. The molecule has 0 saturated heterocycles. The number of nitrogens with one attached hydrogen (secondary N) is 2. The Kier molecular flexibility index (Phi) is 7.09. The molecule has 0 aliphatic heterocycles. The molecule has 1 atom stereocenters. The maximum Gasteiger partial charge on any atom is 0.332 e. The van der Waals surface area contributed by atoms with Gasteiger partial charge in [-0.05, 0) is 53.8 Å². The summed E-state index contributed by atoms with van der Waals surface area (Å²) in [6, 6.07) is 13.1. The van der Waals surface area contributed by atoms with E-state index in [-0.39, 0.29) is 17.4 Å². The van der Waals surface area contributed by atoms with Crippen molar-refractivity contribution in [2.75, 3.05) is 5.32 Å². The molecule has 9 heteroatoms. The largest absolute Gasteiger partial charge is 0.361 e. The molecule has 0 spiro atoms. The summed E-state index contributed by atoms with van der Waals surface area (Å²) in [5.74, 6) is -0.597. The molecule has 0 fully saturated rings. The van der Waals surface area contributed by atoms with Crippen LogP contribution in [0.1, 0.15) is 43.1 Å². The number of carbonyl (C=O) groups is 1. The zero-order chi connectivity index (χ0) is 24.2. The van der Waals surface area contributed by atoms with E-state index < -0.39 is 27.1 Å². The standard InChI is InChI=1S/C24H23FN4O3S/c1-15(2)20-13-19(25)14-21(18-10-11-27-22(12-18)26-4)23(20)28-24(30)29-33(31,32)16(3)17-8-6-5-7-9-17/h5-16H,1-3H3,(H2,28,29,30). The first kappa shape index (κ1) is 23.9. The monoisotopic (exact) mass is 466 g/mol. The molecule has 170 valence electrons. The Bertz CT molecular complexity index is 1320. The molecule has 0 aliphatic rings. The van der Waals surface area contributed by atoms with Gasteiger partial charge in [-0.15, -0.1) is 4.98 Å². The van der Waals surface area contributed by atoms with Crippen LogP contribution < -0.4 is 10.0 Å². The number of anilines is 1. The second kappa shape index (κ2) is 9.79. The van der Waals surface area contributed by atoms with Crippen LogP contribution in [0.4, 0.5) is 20.7 Å². The number of sulfonamides is 1. The molecule has 7 nitrogen and oxygen atoms in total. The minimum atomic E-state index is -4.05. The van der Waals surface area contributed by atoms with Crippen LogP contribution in [0, 0.1) is 12.4 Å². The Labute approximate surface area is 192 Å². The molecule has 1 unspecified atom stereocenters. The number of carbonyl (C=O) groups excluding carboxylic acids is 1. The topological polar surface area (TPSA) is 92.5 Å². The number of nitrogens with zero attached hydrogens (tertiary/aromatic N) is 2. The summed E-state index contributed by atoms with van der Waals surface area (Å²) in [6.45, 7) is 12.3. The summed E-state index contributed by atoms with van der Waals surface area (Å²) >= 11 is 0. The number of rotatable bonds is 6. The van der Waals surface area contributed by atoms with Crippen LogP contribution in [0.15, 0.2) is 60.8 Å². The Morgan fingerprint density at radius 3 is 2.42 bits per heavy atom. The molecule has 0 radical (unpaired) electrons. The molecule has 0 saturated carbocycles. The van der Waals surface area contributed by atoms with Gasteiger partial charge < -0.3 is 10.2 Å². The minimum absolute atomic E-state index is 0.109. The van der Waals surface area contributed by atoms with Crippen molar-refractivity contribution in [2.24, 2.45) is 0 Å². The molecule has 1 heterocycles. The normalized spacial score (nSPS) is 12.1. The predicted molar refractivity (Wildman–Crippen MR) is 126 cm³/mol. The summed E-state index contributed by atoms with van der Waals surface area (Å²) in [5.41, 5.74) is 2.05. The van der Waals surface area contributed by atoms with E-state index in [1.807, 2.05) is 13.8 Å². The highest BCUT2D eigenvalue weighted by Crippen LogP contribution is 2.37. The van der Waals surface area contributed by atoms with Gasteiger partial charge in [0.05, 0.1) is 5.69 Å². The second-order valence-electron chi connectivity index (χ2n) is 7.74. The zero-order valence-electron chi connectivity index (χ0n) is 18.3. The van der Waals surface area contributed by atoms with Crippen molar-refractivity contribution in [3.63, 3.8) is 0 Å². The Balaban J connectivity index is 1.98. The number of amides is 2. The Hall–Kier alpha value is -3.77. The van der Waals surface area contributed by atoms with Crippen LogP contribution in [0.3, 0.4) is 0 Å². The van der Waals surface area contributed by atoms with Gasteiger partial charge in [-0.1, -0.05) is 50.8 Å². The van der Waals surface area contributed by atoms with Gasteiger partial charge in [0.2, 0.25) is 10.0 Å². The number of urea groups is 1. The molecule has 0 bridgehead atoms. The lowest BCUT2D eigenvalue weighted by molar-refractivity contribution is 0.256. The number of aromatic nitrogens is 1. The van der Waals surface area contributed by atoms with Gasteiger partial charge in [-0.3, -0.25) is 0 Å². The van der Waals surface area contributed by atoms with E-state index in [0.717, 1.165) is 0 Å². The Morgan fingerprint density at radius 1 is 1.09 bits per heavy atom. The first-order valence-electron chi connectivity index (χ1n) is 10.2. The highest BCUT2D eigenvalue weighted by molar-refractivity contribution is 7.90. The van der Waals surface area contributed by atoms with Crippen molar-refractivity contribution in [3.05, 3.63) is 89.2 Å². The van der Waals surface area contributed by atoms with Gasteiger partial charge in [0.1, 0.15) is 17.3 Å². The van der Waals surface area contributed by atoms with E-state index in [1.165, 1.54) is 31.3 Å². The molecular formula is C24H23FN4O3S. The molecule has 33 heavy (non-hydrogen) atoms. The first-order chi connectivity index (χ1) is 15.6. The van der Waals surface area contributed by atoms with Crippen molar-refractivity contribution in [3.8, 4) is 11.1 Å². The maximum absolute atomic E-state index is 14.4. The average Bonchev–Trinajstić information content (AvgIpc) is 2.79. The fourth-order valence-corrected chi connectivity index (χ4v) is 4.36. The zero-order valence-corrected chi connectivity index (χ0v) is 19.2. The summed E-state index contributed by atoms with van der Waals surface area (Å²) in [4.78, 5) is 20.0. The van der Waals surface area contributed by atoms with Crippen LogP contribution in [0.2, 0.25) is 0 Å². The van der Waals surface area contributed by atoms with Crippen LogP contribution in [-0.4, -0.2) is 19.4 Å². The SMILES string of the molecule is [C-]#[N+]c1cc(-c2cc(F)cc(C(C)C)c2NC(=O)NS(=O)(=O)C(C)c2ccccc2)ccn1. The third-order valence-corrected chi connectivity index (χ3v) is 6.81. The summed E-state index contributed by atoms with van der Waals surface area (Å²) in [5, 5.41) is 1.62. The van der Waals surface area contributed by atoms with Gasteiger partial charge in [0.25, 0.3) is 5.82 Å². The van der Waals surface area contributed by atoms with Crippen LogP contribution in [-0.2, 0) is 10.0 Å². The number of pyridine rings is 1. The molecular weight excluding hydrogens is 443 g/mol. The van der Waals surface area contributed by atoms with Gasteiger partial charge in [-0.2, -0.15) is 0 Å². The maximum atomic E-state index is 14.4. The van der Waals surface area contributed by atoms with E-state index in [2.05, 4.69) is 19.9 Å². The molecule has 1 aromatic heterocycles. The van der Waals surface area contributed by atoms with Crippen molar-refractivity contribution in [2.45, 2.75) is 31.9 Å². The number of hydrogen-bond donors (Lipinski definition) is 2. The van der Waals surface area contributed by atoms with E-state index in [4.69, 9.17) is 6.57 Å². The second-order valence-corrected chi connectivity index (χ2v) is 9.74. The fraction of sp³-hybridized carbons (Fsp3) is 0.208. The van der Waals surface area contributed by atoms with Crippen molar-refractivity contribution in [1.29, 1.82) is 0 Å². The van der Waals surface area contributed by atoms with E-state index in [1.54, 1.807) is 36.4 Å². The molecule has 3 aromatic rings. The quantitative estimate of drug-likeness (QED) is 0.451. The highest BCUT2D eigenvalue weighted by Gasteiger charge is 2.26. The molecule has 3 rings (SSSR count). The lowest BCUT2D eigenvalue weighted by Gasteiger charge is -2.20. The number of benzene rings is 2. The molecule has 0 aliphatic carbocycles. The lowest BCUT2D eigenvalue weighted by Crippen LogP contribution is -2.37. The van der Waals surface area contributed by atoms with Crippen LogP contribution >= 0.6 is 0 Å². The summed E-state index contributed by atoms with van der Waals surface area (Å²) in [6.07, 6.45) is 1.42. The van der Waals surface area contributed by atoms with Gasteiger partial charge in [0, 0.05) is 5.56 Å². The van der Waals surface area contributed by atoms with E-state index >= 15 is 0 Å². The first-order valence-corrected chi connectivity index (χ1v) is 11.7. The lowest BCUT2D eigenvalue weighted by atomic mass is 9.94. The van der Waals surface area contributed by atoms with Crippen molar-refractivity contribution < 1.29 is 17.6 Å². The number of hydrogen-bond acceptors (Lipinski definition) is 4. The average molecular weight is 467 g/mol. The third kappa shape index (κ3) is 5.54. The molecule has 2 N–H and O–H groups in total. The van der Waals surface area contributed by atoms with Gasteiger partial charge >= 0.3 is 6.03 Å². The van der Waals surface area contributed by atoms with Gasteiger partial charge in [0.15, 0.2) is 0 Å². The molecule has 2 amide bonds.